The molecule has 126 valence electrons. The molecule has 0 aliphatic carbocycles. The van der Waals surface area contributed by atoms with Crippen molar-refractivity contribution in [1.82, 2.24) is 9.78 Å². The molecule has 3 aromatic rings. The summed E-state index contributed by atoms with van der Waals surface area (Å²) in [5.41, 5.74) is 3.05. The average molecular weight is 338 g/mol. The van der Waals surface area contributed by atoms with Crippen molar-refractivity contribution in [3.63, 3.8) is 0 Å². The lowest BCUT2D eigenvalue weighted by Crippen LogP contribution is -1.99. The number of nitrogens with zero attached hydrogens (tertiary/aromatic N) is 2. The van der Waals surface area contributed by atoms with Gasteiger partial charge in [-0.2, -0.15) is 5.10 Å². The number of ketones is 1. The minimum absolute atomic E-state index is 0.0278. The molecule has 2 aromatic carbocycles. The van der Waals surface area contributed by atoms with Crippen LogP contribution in [0.1, 0.15) is 27.3 Å². The molecular formula is C20H16F2N2O. The van der Waals surface area contributed by atoms with Crippen LogP contribution in [0.2, 0.25) is 0 Å². The Kier molecular flexibility index (Phi) is 4.57. The molecule has 0 N–H and O–H groups in total. The number of aromatic nitrogens is 2. The molecule has 0 aliphatic heterocycles. The second kappa shape index (κ2) is 6.81. The zero-order chi connectivity index (χ0) is 18.0. The normalized spacial score (nSPS) is 11.2. The first-order valence-electron chi connectivity index (χ1n) is 7.76. The first-order valence-corrected chi connectivity index (χ1v) is 7.76. The van der Waals surface area contributed by atoms with Gasteiger partial charge >= 0.3 is 0 Å². The van der Waals surface area contributed by atoms with E-state index in [-0.39, 0.29) is 11.4 Å². The van der Waals surface area contributed by atoms with E-state index in [4.69, 9.17) is 0 Å². The Morgan fingerprint density at radius 3 is 2.40 bits per heavy atom. The zero-order valence-electron chi connectivity index (χ0n) is 13.8. The van der Waals surface area contributed by atoms with Gasteiger partial charge in [-0.3, -0.25) is 4.79 Å². The van der Waals surface area contributed by atoms with Gasteiger partial charge in [0.15, 0.2) is 5.78 Å². The van der Waals surface area contributed by atoms with Gasteiger partial charge < -0.3 is 0 Å². The predicted octanol–water partition coefficient (Wildman–Crippen LogP) is 4.66. The van der Waals surface area contributed by atoms with Gasteiger partial charge in [-0.15, -0.1) is 0 Å². The van der Waals surface area contributed by atoms with Crippen LogP contribution in [0.25, 0.3) is 11.8 Å². The van der Waals surface area contributed by atoms with Crippen LogP contribution >= 0.6 is 0 Å². The van der Waals surface area contributed by atoms with Crippen LogP contribution in [0.3, 0.4) is 0 Å². The van der Waals surface area contributed by atoms with Gasteiger partial charge in [0.05, 0.1) is 16.9 Å². The van der Waals surface area contributed by atoms with Crippen molar-refractivity contribution >= 4 is 11.9 Å². The maximum Gasteiger partial charge on any atom is 0.188 e. The van der Waals surface area contributed by atoms with Crippen molar-refractivity contribution in [3.05, 3.63) is 88.8 Å². The molecule has 1 aromatic heterocycles. The number of hydrogen-bond donors (Lipinski definition) is 0. The third-order valence-corrected chi connectivity index (χ3v) is 3.96. The molecule has 5 heteroatoms. The fourth-order valence-corrected chi connectivity index (χ4v) is 2.64. The number of halogens is 2. The lowest BCUT2D eigenvalue weighted by atomic mass is 10.1. The molecular weight excluding hydrogens is 322 g/mol. The first kappa shape index (κ1) is 16.8. The van der Waals surface area contributed by atoms with Gasteiger partial charge in [0, 0.05) is 11.3 Å². The molecule has 0 saturated carbocycles. The van der Waals surface area contributed by atoms with Gasteiger partial charge in [0.1, 0.15) is 11.6 Å². The van der Waals surface area contributed by atoms with Gasteiger partial charge in [-0.05, 0) is 62.4 Å². The highest BCUT2D eigenvalue weighted by atomic mass is 19.1. The van der Waals surface area contributed by atoms with Gasteiger partial charge in [-0.1, -0.05) is 12.1 Å². The van der Waals surface area contributed by atoms with Crippen LogP contribution in [0.15, 0.2) is 54.6 Å². The first-order chi connectivity index (χ1) is 12.0. The topological polar surface area (TPSA) is 34.9 Å². The maximum atomic E-state index is 13.7. The fraction of sp³-hybridized carbons (Fsp3) is 0.100. The Morgan fingerprint density at radius 2 is 1.72 bits per heavy atom. The second-order valence-corrected chi connectivity index (χ2v) is 5.65. The molecule has 0 fully saturated rings. The lowest BCUT2D eigenvalue weighted by molar-refractivity contribution is 0.104. The molecule has 0 unspecified atom stereocenters. The Hall–Kier alpha value is -3.08. The summed E-state index contributed by atoms with van der Waals surface area (Å²) in [4.78, 5) is 12.2. The molecule has 0 bridgehead atoms. The van der Waals surface area contributed by atoms with Crippen LogP contribution < -0.4 is 0 Å². The summed E-state index contributed by atoms with van der Waals surface area (Å²) in [6.07, 6.45) is 2.97. The summed E-state index contributed by atoms with van der Waals surface area (Å²) in [7, 11) is 0. The van der Waals surface area contributed by atoms with E-state index in [1.165, 1.54) is 36.4 Å². The molecule has 0 radical (unpaired) electrons. The number of allylic oxidation sites excluding steroid dienone is 1. The van der Waals surface area contributed by atoms with E-state index in [1.54, 1.807) is 29.0 Å². The summed E-state index contributed by atoms with van der Waals surface area (Å²) in [5.74, 6) is -1.28. The fourth-order valence-electron chi connectivity index (χ4n) is 2.64. The Morgan fingerprint density at radius 1 is 1.04 bits per heavy atom. The number of aryl methyl sites for hydroxylation is 1. The summed E-state index contributed by atoms with van der Waals surface area (Å²) < 4.78 is 28.4. The van der Waals surface area contributed by atoms with Crippen LogP contribution in [0, 0.1) is 25.5 Å². The molecule has 25 heavy (non-hydrogen) atoms. The molecule has 3 nitrogen and oxygen atoms in total. The number of rotatable bonds is 4. The van der Waals surface area contributed by atoms with Crippen LogP contribution in [-0.4, -0.2) is 15.6 Å². The van der Waals surface area contributed by atoms with E-state index in [0.717, 1.165) is 22.6 Å². The minimum atomic E-state index is -0.549. The van der Waals surface area contributed by atoms with E-state index < -0.39 is 11.6 Å². The van der Waals surface area contributed by atoms with E-state index in [0.29, 0.717) is 0 Å². The molecule has 0 saturated heterocycles. The van der Waals surface area contributed by atoms with Gasteiger partial charge in [0.25, 0.3) is 0 Å². The van der Waals surface area contributed by atoms with Crippen molar-refractivity contribution in [1.29, 1.82) is 0 Å². The van der Waals surface area contributed by atoms with Crippen molar-refractivity contribution < 1.29 is 13.6 Å². The molecule has 0 amide bonds. The highest BCUT2D eigenvalue weighted by molar-refractivity contribution is 6.07. The molecule has 0 aliphatic rings. The third-order valence-electron chi connectivity index (χ3n) is 3.96. The van der Waals surface area contributed by atoms with Crippen molar-refractivity contribution in [2.45, 2.75) is 13.8 Å². The predicted molar refractivity (Wildman–Crippen MR) is 92.8 cm³/mol. The maximum absolute atomic E-state index is 13.7. The van der Waals surface area contributed by atoms with Gasteiger partial charge in [-0.25, -0.2) is 13.5 Å². The number of carbonyl (C=O) groups is 1. The SMILES string of the molecule is Cc1nn(-c2ccc(F)cc2)c(C)c1/C=C/C(=O)c1ccccc1F. The van der Waals surface area contributed by atoms with Crippen LogP contribution in [0.4, 0.5) is 8.78 Å². The summed E-state index contributed by atoms with van der Waals surface area (Å²) in [5, 5.41) is 4.44. The highest BCUT2D eigenvalue weighted by Gasteiger charge is 2.12. The smallest absolute Gasteiger partial charge is 0.188 e. The van der Waals surface area contributed by atoms with E-state index in [1.807, 2.05) is 13.8 Å². The lowest BCUT2D eigenvalue weighted by Gasteiger charge is -2.04. The third kappa shape index (κ3) is 3.40. The summed E-state index contributed by atoms with van der Waals surface area (Å²) in [6, 6.07) is 11.9. The minimum Gasteiger partial charge on any atom is -0.289 e. The van der Waals surface area contributed by atoms with Crippen molar-refractivity contribution in [2.75, 3.05) is 0 Å². The van der Waals surface area contributed by atoms with Crippen LogP contribution in [0.5, 0.6) is 0 Å². The second-order valence-electron chi connectivity index (χ2n) is 5.65. The highest BCUT2D eigenvalue weighted by Crippen LogP contribution is 2.20. The standard InChI is InChI=1S/C20H16F2N2O/c1-13-17(11-12-20(25)18-5-3-4-6-19(18)22)14(2)24(23-13)16-9-7-15(21)8-10-16/h3-12H,1-2H3/b12-11+. The Labute approximate surface area is 144 Å². The monoisotopic (exact) mass is 338 g/mol. The van der Waals surface area contributed by atoms with E-state index >= 15 is 0 Å². The summed E-state index contributed by atoms with van der Waals surface area (Å²) in [6.45, 7) is 3.68. The molecule has 3 rings (SSSR count). The van der Waals surface area contributed by atoms with E-state index in [9.17, 15) is 13.6 Å². The molecule has 0 spiro atoms. The van der Waals surface area contributed by atoms with Crippen molar-refractivity contribution in [3.8, 4) is 5.69 Å². The van der Waals surface area contributed by atoms with E-state index in [2.05, 4.69) is 5.10 Å². The number of carbonyl (C=O) groups excluding carboxylic acids is 1. The van der Waals surface area contributed by atoms with Crippen molar-refractivity contribution in [2.24, 2.45) is 0 Å². The molecule has 1 heterocycles. The molecule has 0 atom stereocenters. The van der Waals surface area contributed by atoms with Gasteiger partial charge in [0.2, 0.25) is 0 Å². The largest absolute Gasteiger partial charge is 0.289 e. The average Bonchev–Trinajstić information content (AvgIpc) is 2.88. The summed E-state index contributed by atoms with van der Waals surface area (Å²) >= 11 is 0. The number of benzene rings is 2. The van der Waals surface area contributed by atoms with Crippen LogP contribution in [-0.2, 0) is 0 Å². The Balaban J connectivity index is 1.92. The zero-order valence-corrected chi connectivity index (χ0v) is 13.8. The Bertz CT molecular complexity index is 956. The quantitative estimate of drug-likeness (QED) is 0.512. The number of hydrogen-bond acceptors (Lipinski definition) is 2.